The minimum absolute atomic E-state index is 0.237. The Balaban J connectivity index is 1.53. The van der Waals surface area contributed by atoms with E-state index in [2.05, 4.69) is 25.9 Å². The summed E-state index contributed by atoms with van der Waals surface area (Å²) in [6.07, 6.45) is 5.61. The van der Waals surface area contributed by atoms with Gasteiger partial charge in [0.2, 0.25) is 0 Å². The summed E-state index contributed by atoms with van der Waals surface area (Å²) in [6, 6.07) is 8.01. The summed E-state index contributed by atoms with van der Waals surface area (Å²) in [5, 5.41) is 15.4. The van der Waals surface area contributed by atoms with Gasteiger partial charge in [-0.15, -0.1) is 5.10 Å². The summed E-state index contributed by atoms with van der Waals surface area (Å²) in [7, 11) is 0. The highest BCUT2D eigenvalue weighted by atomic mass is 16.2. The molecule has 1 aromatic carbocycles. The van der Waals surface area contributed by atoms with Crippen LogP contribution in [0.25, 0.3) is 10.9 Å². The van der Waals surface area contributed by atoms with Crippen molar-refractivity contribution in [2.45, 2.75) is 18.9 Å². The van der Waals surface area contributed by atoms with E-state index >= 15 is 0 Å². The molecule has 1 aliphatic rings. The number of rotatable bonds is 3. The first kappa shape index (κ1) is 14.0. The van der Waals surface area contributed by atoms with Crippen molar-refractivity contribution in [2.75, 3.05) is 18.4 Å². The molecule has 118 valence electrons. The summed E-state index contributed by atoms with van der Waals surface area (Å²) in [5.41, 5.74) is 2.10. The number of H-pyrrole nitrogens is 1. The van der Waals surface area contributed by atoms with Crippen molar-refractivity contribution in [2.24, 2.45) is 0 Å². The lowest BCUT2D eigenvalue weighted by Crippen LogP contribution is -2.29. The smallest absolute Gasteiger partial charge is 0.277 e. The maximum atomic E-state index is 12.4. The van der Waals surface area contributed by atoms with Gasteiger partial charge in [-0.1, -0.05) is 11.3 Å². The Kier molecular flexibility index (Phi) is 3.55. The lowest BCUT2D eigenvalue weighted by Gasteiger charge is -2.22. The molecule has 1 fully saturated rings. The number of hydrogen-bond donors (Lipinski definition) is 3. The lowest BCUT2D eigenvalue weighted by atomic mass is 10.1. The molecule has 7 nitrogen and oxygen atoms in total. The normalized spacial score (nSPS) is 15.8. The van der Waals surface area contributed by atoms with Crippen molar-refractivity contribution in [3.05, 3.63) is 42.4 Å². The summed E-state index contributed by atoms with van der Waals surface area (Å²) in [4.78, 5) is 15.6. The second kappa shape index (κ2) is 5.85. The monoisotopic (exact) mass is 310 g/mol. The third kappa shape index (κ3) is 2.70. The fourth-order valence-corrected chi connectivity index (χ4v) is 3.01. The molecule has 4 rings (SSSR count). The van der Waals surface area contributed by atoms with E-state index in [4.69, 9.17) is 0 Å². The van der Waals surface area contributed by atoms with Crippen LogP contribution in [0.5, 0.6) is 0 Å². The molecular weight excluding hydrogens is 292 g/mol. The van der Waals surface area contributed by atoms with E-state index < -0.39 is 0 Å². The number of fused-ring (bicyclic) bond motifs is 1. The van der Waals surface area contributed by atoms with E-state index in [0.29, 0.717) is 11.7 Å². The van der Waals surface area contributed by atoms with Gasteiger partial charge in [0.15, 0.2) is 5.69 Å². The molecular formula is C16H18N6O. The Labute approximate surface area is 133 Å². The van der Waals surface area contributed by atoms with Crippen LogP contribution in [-0.4, -0.2) is 39.0 Å². The minimum Gasteiger partial charge on any atom is -0.361 e. The molecule has 23 heavy (non-hydrogen) atoms. The number of aromatic nitrogens is 4. The highest BCUT2D eigenvalue weighted by molar-refractivity contribution is 6.07. The summed E-state index contributed by atoms with van der Waals surface area (Å²) in [6.45, 7) is 1.95. The molecule has 0 saturated carbocycles. The van der Waals surface area contributed by atoms with Crippen LogP contribution in [0.4, 0.5) is 5.69 Å². The number of anilines is 1. The van der Waals surface area contributed by atoms with Crippen LogP contribution >= 0.6 is 0 Å². The molecule has 1 amide bonds. The highest BCUT2D eigenvalue weighted by Crippen LogP contribution is 2.23. The third-order valence-corrected chi connectivity index (χ3v) is 4.27. The van der Waals surface area contributed by atoms with Crippen molar-refractivity contribution < 1.29 is 4.79 Å². The van der Waals surface area contributed by atoms with Crippen LogP contribution in [-0.2, 0) is 0 Å². The van der Waals surface area contributed by atoms with Gasteiger partial charge in [0, 0.05) is 17.1 Å². The zero-order chi connectivity index (χ0) is 15.6. The summed E-state index contributed by atoms with van der Waals surface area (Å²) >= 11 is 0. The summed E-state index contributed by atoms with van der Waals surface area (Å²) < 4.78 is 1.81. The molecule has 3 heterocycles. The predicted octanol–water partition coefficient (Wildman–Crippen LogP) is 1.94. The predicted molar refractivity (Wildman–Crippen MR) is 87.4 cm³/mol. The average Bonchev–Trinajstić information content (AvgIpc) is 3.25. The van der Waals surface area contributed by atoms with Gasteiger partial charge >= 0.3 is 0 Å². The molecule has 3 aromatic rings. The Morgan fingerprint density at radius 2 is 2.13 bits per heavy atom. The van der Waals surface area contributed by atoms with Crippen LogP contribution in [0.1, 0.15) is 29.4 Å². The van der Waals surface area contributed by atoms with Gasteiger partial charge in [-0.05, 0) is 44.1 Å². The number of carbonyl (C=O) groups excluding carboxylic acids is 1. The highest BCUT2D eigenvalue weighted by Gasteiger charge is 2.19. The second-order valence-corrected chi connectivity index (χ2v) is 5.76. The van der Waals surface area contributed by atoms with Crippen molar-refractivity contribution >= 4 is 22.5 Å². The van der Waals surface area contributed by atoms with E-state index in [1.807, 2.05) is 35.1 Å². The van der Waals surface area contributed by atoms with Crippen molar-refractivity contribution in [3.8, 4) is 0 Å². The van der Waals surface area contributed by atoms with Crippen LogP contribution in [0, 0.1) is 0 Å². The molecule has 1 saturated heterocycles. The third-order valence-electron chi connectivity index (χ3n) is 4.27. The number of amides is 1. The number of nitrogens with one attached hydrogen (secondary N) is 3. The molecule has 3 N–H and O–H groups in total. The standard InChI is InChI=1S/C16H18N6O/c23-16(19-14-3-1-2-13-12(14)6-9-18-13)15-10-22(21-20-15)11-4-7-17-8-5-11/h1-3,6,9-11,17-18H,4-5,7-8H2,(H,19,23). The van der Waals surface area contributed by atoms with Crippen molar-refractivity contribution in [1.29, 1.82) is 0 Å². The molecule has 0 unspecified atom stereocenters. The van der Waals surface area contributed by atoms with E-state index in [1.165, 1.54) is 0 Å². The van der Waals surface area contributed by atoms with E-state index in [9.17, 15) is 4.79 Å². The number of carbonyl (C=O) groups is 1. The number of hydrogen-bond acceptors (Lipinski definition) is 4. The van der Waals surface area contributed by atoms with E-state index in [1.54, 1.807) is 6.20 Å². The molecule has 0 bridgehead atoms. The van der Waals surface area contributed by atoms with E-state index in [-0.39, 0.29) is 5.91 Å². The zero-order valence-electron chi connectivity index (χ0n) is 12.6. The molecule has 0 radical (unpaired) electrons. The fourth-order valence-electron chi connectivity index (χ4n) is 3.01. The Morgan fingerprint density at radius 1 is 1.26 bits per heavy atom. The molecule has 2 aromatic heterocycles. The molecule has 0 atom stereocenters. The van der Waals surface area contributed by atoms with Crippen molar-refractivity contribution in [3.63, 3.8) is 0 Å². The quantitative estimate of drug-likeness (QED) is 0.690. The molecule has 0 spiro atoms. The first-order chi connectivity index (χ1) is 11.3. The number of piperidine rings is 1. The maximum absolute atomic E-state index is 12.4. The average molecular weight is 310 g/mol. The largest absolute Gasteiger partial charge is 0.361 e. The van der Waals surface area contributed by atoms with Gasteiger partial charge < -0.3 is 15.6 Å². The van der Waals surface area contributed by atoms with Crippen LogP contribution in [0.3, 0.4) is 0 Å². The van der Waals surface area contributed by atoms with E-state index in [0.717, 1.165) is 42.5 Å². The molecule has 1 aliphatic heterocycles. The first-order valence-corrected chi connectivity index (χ1v) is 7.81. The first-order valence-electron chi connectivity index (χ1n) is 7.81. The molecule has 7 heteroatoms. The number of aromatic amines is 1. The minimum atomic E-state index is -0.237. The fraction of sp³-hybridized carbons (Fsp3) is 0.312. The number of nitrogens with zero attached hydrogens (tertiary/aromatic N) is 3. The summed E-state index contributed by atoms with van der Waals surface area (Å²) in [5.74, 6) is -0.237. The van der Waals surface area contributed by atoms with Gasteiger partial charge in [-0.25, -0.2) is 4.68 Å². The Bertz CT molecular complexity index is 830. The van der Waals surface area contributed by atoms with Gasteiger partial charge in [0.1, 0.15) is 0 Å². The van der Waals surface area contributed by atoms with Gasteiger partial charge in [-0.2, -0.15) is 0 Å². The second-order valence-electron chi connectivity index (χ2n) is 5.76. The molecule has 0 aliphatic carbocycles. The topological polar surface area (TPSA) is 87.6 Å². The lowest BCUT2D eigenvalue weighted by molar-refractivity contribution is 0.102. The van der Waals surface area contributed by atoms with Crippen LogP contribution in [0.15, 0.2) is 36.7 Å². The maximum Gasteiger partial charge on any atom is 0.277 e. The Hall–Kier alpha value is -2.67. The zero-order valence-corrected chi connectivity index (χ0v) is 12.6. The van der Waals surface area contributed by atoms with Gasteiger partial charge in [0.25, 0.3) is 5.91 Å². The van der Waals surface area contributed by atoms with Crippen LogP contribution in [0.2, 0.25) is 0 Å². The number of benzene rings is 1. The SMILES string of the molecule is O=C(Nc1cccc2[nH]ccc12)c1cn(C2CCNCC2)nn1. The van der Waals surface area contributed by atoms with Gasteiger partial charge in [0.05, 0.1) is 17.9 Å². The van der Waals surface area contributed by atoms with Crippen molar-refractivity contribution in [1.82, 2.24) is 25.3 Å². The van der Waals surface area contributed by atoms with Gasteiger partial charge in [-0.3, -0.25) is 4.79 Å². The Morgan fingerprint density at radius 3 is 3.00 bits per heavy atom. The van der Waals surface area contributed by atoms with Crippen LogP contribution < -0.4 is 10.6 Å².